The van der Waals surface area contributed by atoms with Crippen LogP contribution in [0.2, 0.25) is 0 Å². The maximum atomic E-state index is 13.3. The zero-order chi connectivity index (χ0) is 23.9. The Morgan fingerprint density at radius 2 is 1.66 bits per heavy atom. The second-order valence-corrected chi connectivity index (χ2v) is 9.01. The number of hydrogen-bond acceptors (Lipinski definition) is 6. The molecular formula is C22H29N3O6S. The SMILES string of the molecule is CNC(=O)[C@@H](C)N(Cc1ccc(OC)cc1)C(=O)CN(c1ccccc1OC)S(C)(=O)=O. The second-order valence-electron chi connectivity index (χ2n) is 7.10. The lowest BCUT2D eigenvalue weighted by Gasteiger charge is -2.31. The monoisotopic (exact) mass is 463 g/mol. The molecule has 0 aliphatic rings. The molecule has 32 heavy (non-hydrogen) atoms. The van der Waals surface area contributed by atoms with Crippen molar-refractivity contribution >= 4 is 27.5 Å². The van der Waals surface area contributed by atoms with Gasteiger partial charge in [0, 0.05) is 13.6 Å². The molecule has 10 heteroatoms. The fourth-order valence-corrected chi connectivity index (χ4v) is 4.00. The number of benzene rings is 2. The van der Waals surface area contributed by atoms with Gasteiger partial charge in [0.25, 0.3) is 0 Å². The van der Waals surface area contributed by atoms with Gasteiger partial charge >= 0.3 is 0 Å². The molecule has 174 valence electrons. The number of rotatable bonds is 10. The molecule has 0 radical (unpaired) electrons. The summed E-state index contributed by atoms with van der Waals surface area (Å²) in [5, 5.41) is 2.53. The van der Waals surface area contributed by atoms with Gasteiger partial charge in [0.1, 0.15) is 24.1 Å². The van der Waals surface area contributed by atoms with Gasteiger partial charge in [0.15, 0.2) is 0 Å². The molecule has 1 N–H and O–H groups in total. The average molecular weight is 464 g/mol. The summed E-state index contributed by atoms with van der Waals surface area (Å²) in [4.78, 5) is 27.0. The number of sulfonamides is 1. The lowest BCUT2D eigenvalue weighted by Crippen LogP contribution is -2.50. The van der Waals surface area contributed by atoms with Crippen molar-refractivity contribution in [2.75, 3.05) is 38.4 Å². The van der Waals surface area contributed by atoms with Crippen LogP contribution in [0.3, 0.4) is 0 Å². The minimum atomic E-state index is -3.82. The summed E-state index contributed by atoms with van der Waals surface area (Å²) >= 11 is 0. The molecule has 2 rings (SSSR count). The first kappa shape index (κ1) is 25.0. The molecule has 0 saturated carbocycles. The number of methoxy groups -OCH3 is 2. The molecule has 0 fully saturated rings. The minimum Gasteiger partial charge on any atom is -0.497 e. The predicted molar refractivity (Wildman–Crippen MR) is 122 cm³/mol. The van der Waals surface area contributed by atoms with Crippen LogP contribution in [0.25, 0.3) is 0 Å². The summed E-state index contributed by atoms with van der Waals surface area (Å²) in [5.41, 5.74) is 1.00. The van der Waals surface area contributed by atoms with E-state index in [1.807, 2.05) is 0 Å². The van der Waals surface area contributed by atoms with Crippen LogP contribution in [0.15, 0.2) is 48.5 Å². The molecule has 0 bridgehead atoms. The molecule has 0 heterocycles. The van der Waals surface area contributed by atoms with Gasteiger partial charge < -0.3 is 19.7 Å². The van der Waals surface area contributed by atoms with E-state index in [0.29, 0.717) is 11.5 Å². The maximum absolute atomic E-state index is 13.3. The lowest BCUT2D eigenvalue weighted by molar-refractivity contribution is -0.139. The normalized spacial score (nSPS) is 11.9. The summed E-state index contributed by atoms with van der Waals surface area (Å²) in [5.74, 6) is 0.0699. The number of likely N-dealkylation sites (N-methyl/N-ethyl adjacent to an activating group) is 1. The predicted octanol–water partition coefficient (Wildman–Crippen LogP) is 1.63. The summed E-state index contributed by atoms with van der Waals surface area (Å²) in [7, 11) is 0.628. The van der Waals surface area contributed by atoms with Crippen molar-refractivity contribution in [1.82, 2.24) is 10.2 Å². The van der Waals surface area contributed by atoms with Crippen LogP contribution in [-0.4, -0.2) is 65.2 Å². The molecule has 0 spiro atoms. The Labute approximate surface area is 189 Å². The fraction of sp³-hybridized carbons (Fsp3) is 0.364. The number of carbonyl (C=O) groups excluding carboxylic acids is 2. The van der Waals surface area contributed by atoms with Gasteiger partial charge in [-0.25, -0.2) is 8.42 Å². The number of nitrogens with zero attached hydrogens (tertiary/aromatic N) is 2. The van der Waals surface area contributed by atoms with Crippen molar-refractivity contribution < 1.29 is 27.5 Å². The Morgan fingerprint density at radius 3 is 2.19 bits per heavy atom. The molecule has 0 saturated heterocycles. The first-order valence-electron chi connectivity index (χ1n) is 9.87. The van der Waals surface area contributed by atoms with Crippen LogP contribution in [-0.2, 0) is 26.2 Å². The summed E-state index contributed by atoms with van der Waals surface area (Å²) in [6, 6.07) is 12.8. The first-order valence-corrected chi connectivity index (χ1v) is 11.7. The number of ether oxygens (including phenoxy) is 2. The third kappa shape index (κ3) is 6.13. The Kier molecular flexibility index (Phi) is 8.48. The Balaban J connectivity index is 2.40. The molecule has 2 aromatic rings. The van der Waals surface area contributed by atoms with Crippen molar-refractivity contribution in [3.63, 3.8) is 0 Å². The molecule has 0 aromatic heterocycles. The molecule has 0 aliphatic carbocycles. The van der Waals surface area contributed by atoms with Crippen LogP contribution in [0.4, 0.5) is 5.69 Å². The van der Waals surface area contributed by atoms with Crippen LogP contribution < -0.4 is 19.1 Å². The molecule has 0 unspecified atom stereocenters. The van der Waals surface area contributed by atoms with Crippen LogP contribution in [0.1, 0.15) is 12.5 Å². The number of hydrogen-bond donors (Lipinski definition) is 1. The maximum Gasteiger partial charge on any atom is 0.244 e. The first-order chi connectivity index (χ1) is 15.1. The fourth-order valence-electron chi connectivity index (χ4n) is 3.15. The average Bonchev–Trinajstić information content (AvgIpc) is 2.79. The van der Waals surface area contributed by atoms with E-state index in [4.69, 9.17) is 9.47 Å². The quantitative estimate of drug-likeness (QED) is 0.574. The summed E-state index contributed by atoms with van der Waals surface area (Å²) in [6.07, 6.45) is 1.02. The number of carbonyl (C=O) groups is 2. The van der Waals surface area contributed by atoms with Crippen molar-refractivity contribution in [1.29, 1.82) is 0 Å². The van der Waals surface area contributed by atoms with Crippen molar-refractivity contribution in [3.8, 4) is 11.5 Å². The van der Waals surface area contributed by atoms with E-state index >= 15 is 0 Å². The van der Waals surface area contributed by atoms with E-state index in [1.54, 1.807) is 62.6 Å². The Morgan fingerprint density at radius 1 is 1.03 bits per heavy atom. The highest BCUT2D eigenvalue weighted by Gasteiger charge is 2.30. The molecule has 0 aliphatic heterocycles. The standard InChI is InChI=1S/C22H29N3O6S/c1-16(22(27)23-2)24(14-17-10-12-18(30-3)13-11-17)21(26)15-25(32(5,28)29)19-8-6-7-9-20(19)31-4/h6-13,16H,14-15H2,1-5H3,(H,23,27)/t16-/m1/s1. The Bertz CT molecular complexity index is 1040. The number of para-hydroxylation sites is 2. The third-order valence-corrected chi connectivity index (χ3v) is 6.09. The zero-order valence-electron chi connectivity index (χ0n) is 18.9. The molecular weight excluding hydrogens is 434 g/mol. The van der Waals surface area contributed by atoms with E-state index in [0.717, 1.165) is 16.1 Å². The van der Waals surface area contributed by atoms with Crippen LogP contribution in [0.5, 0.6) is 11.5 Å². The molecule has 2 aromatic carbocycles. The smallest absolute Gasteiger partial charge is 0.244 e. The van der Waals surface area contributed by atoms with Gasteiger partial charge in [0.05, 0.1) is 26.2 Å². The molecule has 9 nitrogen and oxygen atoms in total. The van der Waals surface area contributed by atoms with Gasteiger partial charge in [-0.3, -0.25) is 13.9 Å². The van der Waals surface area contributed by atoms with Gasteiger partial charge in [-0.1, -0.05) is 24.3 Å². The summed E-state index contributed by atoms with van der Waals surface area (Å²) in [6.45, 7) is 1.21. The van der Waals surface area contributed by atoms with E-state index in [2.05, 4.69) is 5.32 Å². The zero-order valence-corrected chi connectivity index (χ0v) is 19.7. The second kappa shape index (κ2) is 10.9. The number of nitrogens with one attached hydrogen (secondary N) is 1. The minimum absolute atomic E-state index is 0.112. The highest BCUT2D eigenvalue weighted by atomic mass is 32.2. The highest BCUT2D eigenvalue weighted by Crippen LogP contribution is 2.29. The van der Waals surface area contributed by atoms with Gasteiger partial charge in [0.2, 0.25) is 21.8 Å². The van der Waals surface area contributed by atoms with Gasteiger partial charge in [-0.15, -0.1) is 0 Å². The topological polar surface area (TPSA) is 105 Å². The van der Waals surface area contributed by atoms with E-state index in [-0.39, 0.29) is 18.1 Å². The summed E-state index contributed by atoms with van der Waals surface area (Å²) < 4.78 is 36.5. The number of anilines is 1. The largest absolute Gasteiger partial charge is 0.497 e. The van der Waals surface area contributed by atoms with Gasteiger partial charge in [-0.2, -0.15) is 0 Å². The van der Waals surface area contributed by atoms with Crippen molar-refractivity contribution in [2.24, 2.45) is 0 Å². The van der Waals surface area contributed by atoms with E-state index in [1.165, 1.54) is 19.1 Å². The van der Waals surface area contributed by atoms with Gasteiger partial charge in [-0.05, 0) is 36.8 Å². The van der Waals surface area contributed by atoms with E-state index in [9.17, 15) is 18.0 Å². The van der Waals surface area contributed by atoms with E-state index < -0.39 is 28.5 Å². The molecule has 1 atom stereocenters. The molecule has 2 amide bonds. The highest BCUT2D eigenvalue weighted by molar-refractivity contribution is 7.92. The Hall–Kier alpha value is -3.27. The van der Waals surface area contributed by atoms with Crippen LogP contribution >= 0.6 is 0 Å². The van der Waals surface area contributed by atoms with Crippen LogP contribution in [0, 0.1) is 0 Å². The van der Waals surface area contributed by atoms with Crippen molar-refractivity contribution in [3.05, 3.63) is 54.1 Å². The number of amides is 2. The lowest BCUT2D eigenvalue weighted by atomic mass is 10.1. The third-order valence-electron chi connectivity index (χ3n) is 4.96. The van der Waals surface area contributed by atoms with Crippen molar-refractivity contribution in [2.45, 2.75) is 19.5 Å².